The van der Waals surface area contributed by atoms with E-state index in [4.69, 9.17) is 0 Å². The van der Waals surface area contributed by atoms with Gasteiger partial charge in [-0.2, -0.15) is 11.8 Å². The first-order chi connectivity index (χ1) is 5.34. The molecule has 1 atom stereocenters. The number of nitrogens with one attached hydrogen (secondary N) is 2. The molecule has 0 spiro atoms. The second-order valence-electron chi connectivity index (χ2n) is 2.16. The van der Waals surface area contributed by atoms with Crippen molar-refractivity contribution in [2.45, 2.75) is 6.04 Å². The molecule has 1 saturated heterocycles. The average Bonchev–Trinajstić information content (AvgIpc) is 2.18. The van der Waals surface area contributed by atoms with Gasteiger partial charge in [0.2, 0.25) is 5.91 Å². The standard InChI is InChI=1S/C6H9N2OS2/c9-6-5(8-4-10)3-11-2-1-7-6/h5H,1-3H2,(H,7,9)(H,8,10)/t5-/m0/s1. The Labute approximate surface area is 75.3 Å². The summed E-state index contributed by atoms with van der Waals surface area (Å²) >= 11 is 6.22. The molecule has 0 aliphatic carbocycles. The minimum Gasteiger partial charge on any atom is -0.362 e. The van der Waals surface area contributed by atoms with Crippen LogP contribution in [-0.4, -0.2) is 35.5 Å². The number of thioether (sulfide) groups is 1. The maximum atomic E-state index is 11.1. The maximum absolute atomic E-state index is 11.1. The summed E-state index contributed by atoms with van der Waals surface area (Å²) in [6, 6.07) is -0.194. The molecule has 61 valence electrons. The van der Waals surface area contributed by atoms with Crippen molar-refractivity contribution in [3.8, 4) is 0 Å². The Hall–Kier alpha value is -0.290. The Kier molecular flexibility index (Phi) is 3.65. The van der Waals surface area contributed by atoms with Crippen molar-refractivity contribution in [2.75, 3.05) is 18.1 Å². The van der Waals surface area contributed by atoms with Crippen LogP contribution in [0.2, 0.25) is 0 Å². The van der Waals surface area contributed by atoms with Crippen LogP contribution in [0.4, 0.5) is 0 Å². The molecule has 3 nitrogen and oxygen atoms in total. The third kappa shape index (κ3) is 2.67. The van der Waals surface area contributed by atoms with Gasteiger partial charge in [-0.1, -0.05) is 12.2 Å². The molecule has 0 saturated carbocycles. The molecule has 11 heavy (non-hydrogen) atoms. The minimum absolute atomic E-state index is 0.0207. The molecular weight excluding hydrogens is 180 g/mol. The maximum Gasteiger partial charge on any atom is 0.243 e. The molecule has 5 heteroatoms. The van der Waals surface area contributed by atoms with E-state index in [1.165, 1.54) is 0 Å². The largest absolute Gasteiger partial charge is 0.362 e. The highest BCUT2D eigenvalue weighted by Gasteiger charge is 2.18. The van der Waals surface area contributed by atoms with Crippen LogP contribution in [-0.2, 0) is 4.79 Å². The first kappa shape index (κ1) is 8.80. The van der Waals surface area contributed by atoms with E-state index in [0.717, 1.165) is 18.1 Å². The van der Waals surface area contributed by atoms with Crippen molar-refractivity contribution in [1.29, 1.82) is 0 Å². The quantitative estimate of drug-likeness (QED) is 0.460. The molecule has 1 amide bonds. The molecular formula is C6H9N2OS2. The second kappa shape index (κ2) is 4.56. The lowest BCUT2D eigenvalue weighted by atomic mass is 10.3. The zero-order chi connectivity index (χ0) is 8.10. The Morgan fingerprint density at radius 1 is 1.82 bits per heavy atom. The fraction of sp³-hybridized carbons (Fsp3) is 0.667. The Balaban J connectivity index is 2.45. The number of thiocarbonyl (C=S) groups is 1. The van der Waals surface area contributed by atoms with Gasteiger partial charge in [-0.3, -0.25) is 4.79 Å². The summed E-state index contributed by atoms with van der Waals surface area (Å²) < 4.78 is 0. The predicted molar refractivity (Wildman–Crippen MR) is 49.9 cm³/mol. The van der Waals surface area contributed by atoms with E-state index in [1.54, 1.807) is 11.8 Å². The first-order valence-electron chi connectivity index (χ1n) is 3.32. The average molecular weight is 189 g/mol. The Morgan fingerprint density at radius 3 is 3.36 bits per heavy atom. The van der Waals surface area contributed by atoms with Gasteiger partial charge in [-0.05, 0) is 0 Å². The molecule has 1 radical (unpaired) electrons. The van der Waals surface area contributed by atoms with Gasteiger partial charge in [-0.15, -0.1) is 0 Å². The topological polar surface area (TPSA) is 41.1 Å². The van der Waals surface area contributed by atoms with E-state index < -0.39 is 0 Å². The van der Waals surface area contributed by atoms with Gasteiger partial charge in [-0.25, -0.2) is 0 Å². The fourth-order valence-corrected chi connectivity index (χ4v) is 1.85. The highest BCUT2D eigenvalue weighted by atomic mass is 32.2. The van der Waals surface area contributed by atoms with Crippen LogP contribution in [0.15, 0.2) is 0 Å². The van der Waals surface area contributed by atoms with Gasteiger partial charge in [0.1, 0.15) is 11.5 Å². The number of hydrogen-bond acceptors (Lipinski definition) is 3. The van der Waals surface area contributed by atoms with E-state index in [9.17, 15) is 4.79 Å². The van der Waals surface area contributed by atoms with Crippen molar-refractivity contribution >= 4 is 35.4 Å². The van der Waals surface area contributed by atoms with Gasteiger partial charge in [0.25, 0.3) is 0 Å². The molecule has 0 aromatic carbocycles. The van der Waals surface area contributed by atoms with Crippen LogP contribution in [0, 0.1) is 0 Å². The predicted octanol–water partition coefficient (Wildman–Crippen LogP) is -0.358. The van der Waals surface area contributed by atoms with Crippen molar-refractivity contribution < 1.29 is 4.79 Å². The van der Waals surface area contributed by atoms with Gasteiger partial charge < -0.3 is 10.6 Å². The number of carbonyl (C=O) groups is 1. The zero-order valence-electron chi connectivity index (χ0n) is 5.92. The number of carbonyl (C=O) groups excluding carboxylic acids is 1. The van der Waals surface area contributed by atoms with Crippen LogP contribution < -0.4 is 10.6 Å². The molecule has 2 N–H and O–H groups in total. The Morgan fingerprint density at radius 2 is 2.64 bits per heavy atom. The van der Waals surface area contributed by atoms with Gasteiger partial charge in [0, 0.05) is 18.1 Å². The third-order valence-electron chi connectivity index (χ3n) is 1.38. The molecule has 0 bridgehead atoms. The second-order valence-corrected chi connectivity index (χ2v) is 3.52. The highest BCUT2D eigenvalue weighted by molar-refractivity contribution is 7.99. The summed E-state index contributed by atoms with van der Waals surface area (Å²) in [6.45, 7) is 0.749. The zero-order valence-corrected chi connectivity index (χ0v) is 7.56. The van der Waals surface area contributed by atoms with Crippen LogP contribution in [0.5, 0.6) is 0 Å². The van der Waals surface area contributed by atoms with Crippen LogP contribution in [0.1, 0.15) is 0 Å². The van der Waals surface area contributed by atoms with E-state index >= 15 is 0 Å². The number of rotatable bonds is 2. The molecule has 0 unspecified atom stereocenters. The SMILES string of the molecule is O=C1NCCSC[C@@H]1N[C]=S. The van der Waals surface area contributed by atoms with Gasteiger partial charge in [0.05, 0.1) is 0 Å². The van der Waals surface area contributed by atoms with E-state index in [2.05, 4.69) is 28.3 Å². The van der Waals surface area contributed by atoms with Crippen LogP contribution in [0.3, 0.4) is 0 Å². The monoisotopic (exact) mass is 189 g/mol. The van der Waals surface area contributed by atoms with Gasteiger partial charge >= 0.3 is 0 Å². The van der Waals surface area contributed by atoms with Crippen LogP contribution >= 0.6 is 24.0 Å². The summed E-state index contributed by atoms with van der Waals surface area (Å²) in [4.78, 5) is 11.1. The molecule has 1 aliphatic rings. The van der Waals surface area contributed by atoms with Crippen LogP contribution in [0.25, 0.3) is 0 Å². The van der Waals surface area contributed by atoms with Crippen molar-refractivity contribution in [2.24, 2.45) is 0 Å². The molecule has 1 fully saturated rings. The Bertz CT molecular complexity index is 163. The lowest BCUT2D eigenvalue weighted by molar-refractivity contribution is -0.122. The first-order valence-corrected chi connectivity index (χ1v) is 4.89. The summed E-state index contributed by atoms with van der Waals surface area (Å²) in [5, 5.41) is 5.48. The van der Waals surface area contributed by atoms with E-state index in [-0.39, 0.29) is 11.9 Å². The van der Waals surface area contributed by atoms with Crippen molar-refractivity contribution in [3.05, 3.63) is 0 Å². The number of hydrogen-bond donors (Lipinski definition) is 2. The summed E-state index contributed by atoms with van der Waals surface area (Å²) in [7, 11) is 0. The lowest BCUT2D eigenvalue weighted by Gasteiger charge is -2.10. The highest BCUT2D eigenvalue weighted by Crippen LogP contribution is 2.05. The lowest BCUT2D eigenvalue weighted by Crippen LogP contribution is -2.43. The number of amides is 1. The van der Waals surface area contributed by atoms with Crippen molar-refractivity contribution in [3.63, 3.8) is 0 Å². The molecule has 1 rings (SSSR count). The molecule has 1 aliphatic heterocycles. The van der Waals surface area contributed by atoms with E-state index in [1.807, 2.05) is 0 Å². The van der Waals surface area contributed by atoms with Crippen molar-refractivity contribution in [1.82, 2.24) is 10.6 Å². The summed E-state index contributed by atoms with van der Waals surface area (Å²) in [5.41, 5.74) is 2.35. The molecule has 0 aromatic rings. The summed E-state index contributed by atoms with van der Waals surface area (Å²) in [6.07, 6.45) is 0. The summed E-state index contributed by atoms with van der Waals surface area (Å²) in [5.74, 6) is 1.77. The minimum atomic E-state index is -0.194. The molecule has 1 heterocycles. The third-order valence-corrected chi connectivity index (χ3v) is 2.56. The molecule has 0 aromatic heterocycles. The fourth-order valence-electron chi connectivity index (χ4n) is 0.825. The van der Waals surface area contributed by atoms with E-state index in [0.29, 0.717) is 0 Å². The smallest absolute Gasteiger partial charge is 0.243 e. The van der Waals surface area contributed by atoms with Gasteiger partial charge in [0.15, 0.2) is 0 Å². The normalized spacial score (nSPS) is 25.1.